The van der Waals surface area contributed by atoms with Crippen molar-refractivity contribution < 1.29 is 9.47 Å². The normalized spacial score (nSPS) is 29.7. The van der Waals surface area contributed by atoms with Crippen molar-refractivity contribution in [2.24, 2.45) is 21.7 Å². The molecular formula is C42H56O2. The van der Waals surface area contributed by atoms with Crippen LogP contribution < -0.4 is 9.47 Å². The smallest absolute Gasteiger partial charge is 0.119 e. The van der Waals surface area contributed by atoms with Gasteiger partial charge in [-0.25, -0.2) is 0 Å². The van der Waals surface area contributed by atoms with Gasteiger partial charge in [0.15, 0.2) is 0 Å². The van der Waals surface area contributed by atoms with Gasteiger partial charge in [-0.2, -0.15) is 0 Å². The zero-order valence-electron chi connectivity index (χ0n) is 28.2. The number of benzene rings is 2. The van der Waals surface area contributed by atoms with Gasteiger partial charge in [0, 0.05) is 22.0 Å². The van der Waals surface area contributed by atoms with E-state index in [1.54, 1.807) is 0 Å². The molecule has 2 heteroatoms. The molecule has 0 unspecified atom stereocenters. The first-order chi connectivity index (χ1) is 21.4. The van der Waals surface area contributed by atoms with Crippen molar-refractivity contribution in [3.63, 3.8) is 0 Å². The Morgan fingerprint density at radius 1 is 0.523 bits per heavy atom. The molecule has 2 aromatic carbocycles. The van der Waals surface area contributed by atoms with Crippen LogP contribution >= 0.6 is 0 Å². The standard InChI is InChI=1S/C22H30O.C20H26O/c1-3-5-11-21-13-16-22(17-14-21,18-15-21)12-10-19-6-8-20(9-7-19)23-4-2;1-3-19-11-14-20(15-12-19,16-13-19)10-9-17-5-7-18(8-6-17)21-4-2/h6-9H,3-5,11,13-18H2,1-2H3;5-8H,3-4,11-16H2,1-2H3. The van der Waals surface area contributed by atoms with Gasteiger partial charge in [-0.05, 0) is 157 Å². The minimum atomic E-state index is 0.312. The highest BCUT2D eigenvalue weighted by molar-refractivity contribution is 5.41. The Hall–Kier alpha value is -2.84. The Labute approximate surface area is 269 Å². The van der Waals surface area contributed by atoms with E-state index in [1.165, 1.54) is 103 Å². The molecule has 0 N–H and O–H groups in total. The Morgan fingerprint density at radius 3 is 1.25 bits per heavy atom. The molecule has 8 rings (SSSR count). The fourth-order valence-corrected chi connectivity index (χ4v) is 8.37. The number of ether oxygens (including phenoxy) is 2. The predicted octanol–water partition coefficient (Wildman–Crippen LogP) is 11.2. The molecule has 0 atom stereocenters. The fourth-order valence-electron chi connectivity index (χ4n) is 8.37. The number of fused-ring (bicyclic) bond motifs is 6. The van der Waals surface area contributed by atoms with Crippen molar-refractivity contribution in [2.45, 2.75) is 130 Å². The van der Waals surface area contributed by atoms with Crippen LogP contribution in [0.3, 0.4) is 0 Å². The minimum Gasteiger partial charge on any atom is -0.494 e. The zero-order chi connectivity index (χ0) is 30.9. The molecule has 0 aromatic heterocycles. The maximum Gasteiger partial charge on any atom is 0.119 e. The second kappa shape index (κ2) is 14.5. The monoisotopic (exact) mass is 592 g/mol. The van der Waals surface area contributed by atoms with Crippen molar-refractivity contribution >= 4 is 0 Å². The van der Waals surface area contributed by atoms with Crippen LogP contribution in [-0.2, 0) is 0 Å². The highest BCUT2D eigenvalue weighted by Crippen LogP contribution is 2.59. The van der Waals surface area contributed by atoms with E-state index in [-0.39, 0.29) is 0 Å². The summed E-state index contributed by atoms with van der Waals surface area (Å²) in [5.74, 6) is 16.1. The van der Waals surface area contributed by atoms with Crippen LogP contribution in [0.5, 0.6) is 11.5 Å². The largest absolute Gasteiger partial charge is 0.494 e. The summed E-state index contributed by atoms with van der Waals surface area (Å²) in [5, 5.41) is 0. The van der Waals surface area contributed by atoms with E-state index in [4.69, 9.17) is 9.47 Å². The molecule has 4 bridgehead atoms. The van der Waals surface area contributed by atoms with Gasteiger partial charge >= 0.3 is 0 Å². The first kappa shape index (κ1) is 32.6. The Balaban J connectivity index is 0.000000175. The molecule has 0 heterocycles. The minimum absolute atomic E-state index is 0.312. The van der Waals surface area contributed by atoms with E-state index in [0.29, 0.717) is 34.9 Å². The van der Waals surface area contributed by atoms with Gasteiger partial charge < -0.3 is 9.47 Å². The molecule has 2 aromatic rings. The summed E-state index contributed by atoms with van der Waals surface area (Å²) in [6.45, 7) is 10.1. The Bertz CT molecular complexity index is 1280. The van der Waals surface area contributed by atoms with E-state index in [0.717, 1.165) is 22.6 Å². The van der Waals surface area contributed by atoms with Crippen LogP contribution in [0.2, 0.25) is 0 Å². The lowest BCUT2D eigenvalue weighted by atomic mass is 9.53. The van der Waals surface area contributed by atoms with Crippen molar-refractivity contribution in [2.75, 3.05) is 13.2 Å². The van der Waals surface area contributed by atoms with Gasteiger partial charge in [0.05, 0.1) is 13.2 Å². The summed E-state index contributed by atoms with van der Waals surface area (Å²) in [7, 11) is 0. The van der Waals surface area contributed by atoms with Gasteiger partial charge in [0.2, 0.25) is 0 Å². The van der Waals surface area contributed by atoms with Crippen molar-refractivity contribution in [3.05, 3.63) is 59.7 Å². The molecular weight excluding hydrogens is 536 g/mol. The third-order valence-corrected chi connectivity index (χ3v) is 11.9. The van der Waals surface area contributed by atoms with Crippen molar-refractivity contribution in [1.82, 2.24) is 0 Å². The van der Waals surface area contributed by atoms with E-state index in [2.05, 4.69) is 61.8 Å². The van der Waals surface area contributed by atoms with E-state index < -0.39 is 0 Å². The number of rotatable bonds is 8. The molecule has 0 radical (unpaired) electrons. The number of hydrogen-bond donors (Lipinski definition) is 0. The van der Waals surface area contributed by atoms with Crippen LogP contribution in [0.1, 0.15) is 142 Å². The van der Waals surface area contributed by atoms with Crippen LogP contribution in [0, 0.1) is 45.3 Å². The van der Waals surface area contributed by atoms with Crippen LogP contribution in [0.15, 0.2) is 48.5 Å². The fraction of sp³-hybridized carbons (Fsp3) is 0.619. The van der Waals surface area contributed by atoms with Gasteiger partial charge in [0.1, 0.15) is 11.5 Å². The SMILES string of the molecule is CCCCC12CCC(C#Cc3ccc(OCC)cc3)(CC1)CC2.CCOc1ccc(C#CC23CCC(CC)(CC2)CC3)cc1. The average molecular weight is 593 g/mol. The molecule has 0 spiro atoms. The second-order valence-electron chi connectivity index (χ2n) is 14.4. The first-order valence-electron chi connectivity index (χ1n) is 17.9. The van der Waals surface area contributed by atoms with Crippen LogP contribution in [0.25, 0.3) is 0 Å². The van der Waals surface area contributed by atoms with Crippen molar-refractivity contribution in [3.8, 4) is 35.2 Å². The molecule has 6 saturated carbocycles. The summed E-state index contributed by atoms with van der Waals surface area (Å²) in [4.78, 5) is 0. The molecule has 6 aliphatic rings. The van der Waals surface area contributed by atoms with Gasteiger partial charge in [-0.3, -0.25) is 0 Å². The molecule has 2 nitrogen and oxygen atoms in total. The summed E-state index contributed by atoms with van der Waals surface area (Å²) >= 11 is 0. The third-order valence-electron chi connectivity index (χ3n) is 11.9. The number of unbranched alkanes of at least 4 members (excludes halogenated alkanes) is 1. The predicted molar refractivity (Wildman–Crippen MR) is 184 cm³/mol. The Kier molecular flexibility index (Phi) is 10.7. The Morgan fingerprint density at radius 2 is 0.909 bits per heavy atom. The molecule has 0 saturated heterocycles. The van der Waals surface area contributed by atoms with E-state index in [1.807, 2.05) is 38.1 Å². The summed E-state index contributed by atoms with van der Waals surface area (Å²) in [6.07, 6.45) is 21.8. The maximum atomic E-state index is 5.50. The zero-order valence-corrected chi connectivity index (χ0v) is 28.2. The average Bonchev–Trinajstić information content (AvgIpc) is 3.09. The highest BCUT2D eigenvalue weighted by Gasteiger charge is 2.48. The van der Waals surface area contributed by atoms with E-state index in [9.17, 15) is 0 Å². The quantitative estimate of drug-likeness (QED) is 0.284. The maximum absolute atomic E-state index is 5.50. The van der Waals surface area contributed by atoms with Crippen molar-refractivity contribution in [1.29, 1.82) is 0 Å². The highest BCUT2D eigenvalue weighted by atomic mass is 16.5. The third kappa shape index (κ3) is 7.86. The lowest BCUT2D eigenvalue weighted by Crippen LogP contribution is -2.40. The lowest BCUT2D eigenvalue weighted by Gasteiger charge is -2.51. The summed E-state index contributed by atoms with van der Waals surface area (Å²) in [6, 6.07) is 16.4. The molecule has 44 heavy (non-hydrogen) atoms. The van der Waals surface area contributed by atoms with Crippen LogP contribution in [0.4, 0.5) is 0 Å². The second-order valence-corrected chi connectivity index (χ2v) is 14.4. The summed E-state index contributed by atoms with van der Waals surface area (Å²) < 4.78 is 11.0. The van der Waals surface area contributed by atoms with E-state index >= 15 is 0 Å². The summed E-state index contributed by atoms with van der Waals surface area (Å²) in [5.41, 5.74) is 4.21. The topological polar surface area (TPSA) is 18.5 Å². The van der Waals surface area contributed by atoms with Gasteiger partial charge in [-0.15, -0.1) is 0 Å². The van der Waals surface area contributed by atoms with Crippen LogP contribution in [-0.4, -0.2) is 13.2 Å². The molecule has 6 fully saturated rings. The molecule has 0 aliphatic heterocycles. The number of hydrogen-bond acceptors (Lipinski definition) is 2. The first-order valence-corrected chi connectivity index (χ1v) is 17.9. The van der Waals surface area contributed by atoms with Gasteiger partial charge in [0.25, 0.3) is 0 Å². The molecule has 236 valence electrons. The molecule has 0 amide bonds. The van der Waals surface area contributed by atoms with Gasteiger partial charge in [-0.1, -0.05) is 56.8 Å². The molecule has 6 aliphatic carbocycles. The lowest BCUT2D eigenvalue weighted by molar-refractivity contribution is 0.0189.